The molecule has 0 unspecified atom stereocenters. The van der Waals surface area contributed by atoms with Crippen LogP contribution in [0.2, 0.25) is 0 Å². The van der Waals surface area contributed by atoms with Crippen molar-refractivity contribution in [1.29, 1.82) is 0 Å². The Kier molecular flexibility index (Phi) is 4.14. The summed E-state index contributed by atoms with van der Waals surface area (Å²) in [6, 6.07) is 14.2. The van der Waals surface area contributed by atoms with Crippen LogP contribution in [0.15, 0.2) is 54.9 Å². The van der Waals surface area contributed by atoms with E-state index in [0.29, 0.717) is 12.2 Å². The molecule has 1 saturated carbocycles. The smallest absolute Gasteiger partial charge is 0.147 e. The minimum atomic E-state index is -0.275. The van der Waals surface area contributed by atoms with Crippen LogP contribution in [0, 0.1) is 0 Å². The molecular weight excluding hydrogens is 258 g/mol. The van der Waals surface area contributed by atoms with E-state index in [4.69, 9.17) is 0 Å². The van der Waals surface area contributed by atoms with E-state index in [2.05, 4.69) is 17.1 Å². The number of pyridine rings is 1. The molecule has 0 spiro atoms. The highest BCUT2D eigenvalue weighted by Crippen LogP contribution is 2.40. The average Bonchev–Trinajstić information content (AvgIpc) is 2.57. The van der Waals surface area contributed by atoms with Crippen LogP contribution < -0.4 is 0 Å². The summed E-state index contributed by atoms with van der Waals surface area (Å²) in [7, 11) is 0. The van der Waals surface area contributed by atoms with E-state index in [1.54, 1.807) is 12.4 Å². The number of Topliss-reactive ketones (excluding diaryl/α,β-unsaturated/α-hetero) is 1. The molecule has 3 rings (SSSR count). The number of nitrogens with zero attached hydrogens (tertiary/aromatic N) is 1. The van der Waals surface area contributed by atoms with Gasteiger partial charge in [0.1, 0.15) is 5.78 Å². The summed E-state index contributed by atoms with van der Waals surface area (Å²) < 4.78 is 0. The van der Waals surface area contributed by atoms with E-state index < -0.39 is 0 Å². The van der Waals surface area contributed by atoms with Crippen LogP contribution in [-0.4, -0.2) is 10.8 Å². The molecule has 1 aliphatic carbocycles. The number of benzene rings is 1. The number of carbonyl (C=O) groups excluding carboxylic acids is 1. The lowest BCUT2D eigenvalue weighted by molar-refractivity contribution is -0.125. The normalized spacial score (nSPS) is 17.3. The third-order valence-electron chi connectivity index (χ3n) is 4.68. The van der Waals surface area contributed by atoms with E-state index in [1.807, 2.05) is 30.3 Å². The Bertz CT molecular complexity index is 585. The Morgan fingerprint density at radius 1 is 0.952 bits per heavy atom. The van der Waals surface area contributed by atoms with Gasteiger partial charge in [0.05, 0.1) is 5.41 Å². The summed E-state index contributed by atoms with van der Waals surface area (Å²) in [5.74, 6) is 0.361. The Hall–Kier alpha value is -1.96. The van der Waals surface area contributed by atoms with Crippen molar-refractivity contribution in [3.63, 3.8) is 0 Å². The van der Waals surface area contributed by atoms with Gasteiger partial charge >= 0.3 is 0 Å². The Morgan fingerprint density at radius 3 is 2.29 bits per heavy atom. The van der Waals surface area contributed by atoms with E-state index >= 15 is 0 Å². The van der Waals surface area contributed by atoms with Crippen LogP contribution in [0.5, 0.6) is 0 Å². The molecule has 0 bridgehead atoms. The van der Waals surface area contributed by atoms with Gasteiger partial charge in [0.2, 0.25) is 0 Å². The van der Waals surface area contributed by atoms with Gasteiger partial charge in [-0.15, -0.1) is 0 Å². The first-order valence-corrected chi connectivity index (χ1v) is 7.79. The molecule has 0 N–H and O–H groups in total. The zero-order valence-electron chi connectivity index (χ0n) is 12.3. The van der Waals surface area contributed by atoms with Crippen LogP contribution in [0.25, 0.3) is 0 Å². The SMILES string of the molecule is O=C(Cc1ccncc1)C1(c2ccccc2)CCCCC1. The molecule has 0 atom stereocenters. The summed E-state index contributed by atoms with van der Waals surface area (Å²) in [6.45, 7) is 0. The molecule has 1 aromatic carbocycles. The maximum Gasteiger partial charge on any atom is 0.147 e. The average molecular weight is 279 g/mol. The van der Waals surface area contributed by atoms with Gasteiger partial charge in [0.15, 0.2) is 0 Å². The Balaban J connectivity index is 1.90. The number of hydrogen-bond donors (Lipinski definition) is 0. The second-order valence-corrected chi connectivity index (χ2v) is 5.96. The van der Waals surface area contributed by atoms with Crippen molar-refractivity contribution >= 4 is 5.78 Å². The summed E-state index contributed by atoms with van der Waals surface area (Å²) in [5, 5.41) is 0. The zero-order valence-corrected chi connectivity index (χ0v) is 12.3. The minimum absolute atomic E-state index is 0.275. The van der Waals surface area contributed by atoms with Crippen molar-refractivity contribution in [2.75, 3.05) is 0 Å². The van der Waals surface area contributed by atoms with Crippen molar-refractivity contribution in [3.05, 3.63) is 66.0 Å². The third-order valence-corrected chi connectivity index (χ3v) is 4.68. The number of aromatic nitrogens is 1. The van der Waals surface area contributed by atoms with Gasteiger partial charge in [-0.3, -0.25) is 9.78 Å². The lowest BCUT2D eigenvalue weighted by Crippen LogP contribution is -2.39. The standard InChI is InChI=1S/C19H21NO/c21-18(15-16-9-13-20-14-10-16)19(11-5-2-6-12-19)17-7-3-1-4-8-17/h1,3-4,7-10,13-14H,2,5-6,11-12,15H2. The molecule has 1 aromatic heterocycles. The lowest BCUT2D eigenvalue weighted by Gasteiger charge is -2.36. The molecule has 21 heavy (non-hydrogen) atoms. The summed E-state index contributed by atoms with van der Waals surface area (Å²) >= 11 is 0. The van der Waals surface area contributed by atoms with Crippen LogP contribution in [0.4, 0.5) is 0 Å². The molecule has 108 valence electrons. The second-order valence-electron chi connectivity index (χ2n) is 5.96. The largest absolute Gasteiger partial charge is 0.298 e. The molecule has 1 fully saturated rings. The maximum atomic E-state index is 13.1. The number of hydrogen-bond acceptors (Lipinski definition) is 2. The zero-order chi connectivity index (χ0) is 14.5. The van der Waals surface area contributed by atoms with Gasteiger partial charge in [-0.25, -0.2) is 0 Å². The fourth-order valence-corrected chi connectivity index (χ4v) is 3.50. The van der Waals surface area contributed by atoms with Gasteiger partial charge in [-0.2, -0.15) is 0 Å². The summed E-state index contributed by atoms with van der Waals surface area (Å²) in [4.78, 5) is 17.1. The molecule has 2 aromatic rings. The molecule has 0 amide bonds. The first-order chi connectivity index (χ1) is 10.3. The van der Waals surface area contributed by atoms with E-state index in [9.17, 15) is 4.79 Å². The second kappa shape index (κ2) is 6.21. The highest BCUT2D eigenvalue weighted by Gasteiger charge is 2.40. The quantitative estimate of drug-likeness (QED) is 0.843. The summed E-state index contributed by atoms with van der Waals surface area (Å²) in [5.41, 5.74) is 1.99. The van der Waals surface area contributed by atoms with E-state index in [0.717, 1.165) is 31.2 Å². The highest BCUT2D eigenvalue weighted by atomic mass is 16.1. The molecule has 1 heterocycles. The van der Waals surface area contributed by atoms with Gasteiger partial charge in [0.25, 0.3) is 0 Å². The van der Waals surface area contributed by atoms with E-state index in [1.165, 1.54) is 12.0 Å². The number of carbonyl (C=O) groups is 1. The lowest BCUT2D eigenvalue weighted by atomic mass is 9.66. The predicted octanol–water partition coefficient (Wildman–Crippen LogP) is 4.10. The minimum Gasteiger partial charge on any atom is -0.298 e. The van der Waals surface area contributed by atoms with Gasteiger partial charge < -0.3 is 0 Å². The predicted molar refractivity (Wildman–Crippen MR) is 84.2 cm³/mol. The maximum absolute atomic E-state index is 13.1. The van der Waals surface area contributed by atoms with Crippen molar-refractivity contribution in [3.8, 4) is 0 Å². The molecular formula is C19H21NO. The van der Waals surface area contributed by atoms with Crippen LogP contribution in [0.3, 0.4) is 0 Å². The topological polar surface area (TPSA) is 30.0 Å². The first kappa shape index (κ1) is 14.0. The van der Waals surface area contributed by atoms with Crippen LogP contribution in [0.1, 0.15) is 43.2 Å². The third kappa shape index (κ3) is 2.90. The van der Waals surface area contributed by atoms with Crippen LogP contribution in [-0.2, 0) is 16.6 Å². The molecule has 0 saturated heterocycles. The van der Waals surface area contributed by atoms with Crippen molar-refractivity contribution in [1.82, 2.24) is 4.98 Å². The number of ketones is 1. The van der Waals surface area contributed by atoms with Gasteiger partial charge in [-0.05, 0) is 36.1 Å². The number of rotatable bonds is 4. The summed E-state index contributed by atoms with van der Waals surface area (Å²) in [6.07, 6.45) is 9.56. The first-order valence-electron chi connectivity index (χ1n) is 7.79. The highest BCUT2D eigenvalue weighted by molar-refractivity contribution is 5.91. The van der Waals surface area contributed by atoms with Crippen molar-refractivity contribution in [2.45, 2.75) is 43.9 Å². The fourth-order valence-electron chi connectivity index (χ4n) is 3.50. The molecule has 0 aliphatic heterocycles. The Morgan fingerprint density at radius 2 is 1.62 bits per heavy atom. The Labute approximate surface area is 126 Å². The van der Waals surface area contributed by atoms with Crippen LogP contribution >= 0.6 is 0 Å². The van der Waals surface area contributed by atoms with E-state index in [-0.39, 0.29) is 5.41 Å². The van der Waals surface area contributed by atoms with Crippen molar-refractivity contribution < 1.29 is 4.79 Å². The monoisotopic (exact) mass is 279 g/mol. The fraction of sp³-hybridized carbons (Fsp3) is 0.368. The molecule has 2 heteroatoms. The van der Waals surface area contributed by atoms with Gasteiger partial charge in [0, 0.05) is 18.8 Å². The van der Waals surface area contributed by atoms with Gasteiger partial charge in [-0.1, -0.05) is 49.6 Å². The van der Waals surface area contributed by atoms with Crippen molar-refractivity contribution in [2.24, 2.45) is 0 Å². The molecule has 0 radical (unpaired) electrons. The molecule has 1 aliphatic rings. The molecule has 2 nitrogen and oxygen atoms in total.